The third-order valence-electron chi connectivity index (χ3n) is 5.53. The van der Waals surface area contributed by atoms with E-state index in [1.54, 1.807) is 0 Å². The van der Waals surface area contributed by atoms with Gasteiger partial charge in [-0.25, -0.2) is 9.69 Å². The molecule has 1 atom stereocenters. The monoisotopic (exact) mass is 328 g/mol. The zero-order chi connectivity index (χ0) is 16.7. The van der Waals surface area contributed by atoms with Crippen LogP contribution in [0.25, 0.3) is 0 Å². The third kappa shape index (κ3) is 2.65. The highest BCUT2D eigenvalue weighted by Crippen LogP contribution is 2.42. The predicted octanol–water partition coefficient (Wildman–Crippen LogP) is 1.49. The van der Waals surface area contributed by atoms with Crippen molar-refractivity contribution in [1.82, 2.24) is 15.1 Å². The van der Waals surface area contributed by atoms with Crippen molar-refractivity contribution in [3.05, 3.63) is 30.3 Å². The standard InChI is InChI=1S/C18H24N4O2/c1-18(14-7-8-14)16(23)22(17(24)19-18)13-20-9-11-21(12-10-20)15-5-3-2-4-6-15/h2-6,14H,7-13H2,1H3,(H,19,24)/t18-/m0/s1. The van der Waals surface area contributed by atoms with Crippen LogP contribution in [0.1, 0.15) is 19.8 Å². The Bertz CT molecular complexity index is 638. The van der Waals surface area contributed by atoms with Crippen LogP contribution >= 0.6 is 0 Å². The van der Waals surface area contributed by atoms with Crippen LogP contribution in [-0.4, -0.2) is 60.1 Å². The van der Waals surface area contributed by atoms with Crippen molar-refractivity contribution in [2.75, 3.05) is 37.7 Å². The van der Waals surface area contributed by atoms with Crippen LogP contribution < -0.4 is 10.2 Å². The molecule has 2 saturated heterocycles. The van der Waals surface area contributed by atoms with Crippen molar-refractivity contribution in [3.8, 4) is 0 Å². The van der Waals surface area contributed by atoms with Crippen LogP contribution in [0.15, 0.2) is 30.3 Å². The summed E-state index contributed by atoms with van der Waals surface area (Å²) in [4.78, 5) is 30.9. The van der Waals surface area contributed by atoms with Crippen molar-refractivity contribution in [2.45, 2.75) is 25.3 Å². The molecule has 0 aromatic heterocycles. The van der Waals surface area contributed by atoms with Gasteiger partial charge in [-0.3, -0.25) is 9.69 Å². The van der Waals surface area contributed by atoms with Gasteiger partial charge in [-0.2, -0.15) is 0 Å². The maximum absolute atomic E-state index is 12.7. The summed E-state index contributed by atoms with van der Waals surface area (Å²) >= 11 is 0. The van der Waals surface area contributed by atoms with E-state index >= 15 is 0 Å². The van der Waals surface area contributed by atoms with Crippen LogP contribution in [0.3, 0.4) is 0 Å². The predicted molar refractivity (Wildman–Crippen MR) is 91.6 cm³/mol. The normalized spacial score (nSPS) is 28.4. The highest BCUT2D eigenvalue weighted by atomic mass is 16.2. The number of nitrogens with zero attached hydrogens (tertiary/aromatic N) is 3. The molecule has 2 heterocycles. The van der Waals surface area contributed by atoms with Gasteiger partial charge >= 0.3 is 6.03 Å². The molecule has 0 unspecified atom stereocenters. The van der Waals surface area contributed by atoms with E-state index in [9.17, 15) is 9.59 Å². The van der Waals surface area contributed by atoms with Crippen LogP contribution in [0.4, 0.5) is 10.5 Å². The Hall–Kier alpha value is -2.08. The van der Waals surface area contributed by atoms with E-state index < -0.39 is 5.54 Å². The summed E-state index contributed by atoms with van der Waals surface area (Å²) in [5, 5.41) is 2.92. The minimum atomic E-state index is -0.678. The van der Waals surface area contributed by atoms with Gasteiger partial charge in [-0.15, -0.1) is 0 Å². The number of carbonyl (C=O) groups is 2. The zero-order valence-electron chi connectivity index (χ0n) is 14.1. The summed E-state index contributed by atoms with van der Waals surface area (Å²) in [5.41, 5.74) is 0.552. The van der Waals surface area contributed by atoms with Gasteiger partial charge in [0.05, 0.1) is 6.67 Å². The minimum Gasteiger partial charge on any atom is -0.369 e. The van der Waals surface area contributed by atoms with E-state index in [0.29, 0.717) is 12.6 Å². The molecule has 6 heteroatoms. The topological polar surface area (TPSA) is 55.9 Å². The molecule has 1 aliphatic carbocycles. The maximum Gasteiger partial charge on any atom is 0.326 e. The molecule has 128 valence electrons. The third-order valence-corrected chi connectivity index (χ3v) is 5.53. The Morgan fingerprint density at radius 1 is 1.08 bits per heavy atom. The summed E-state index contributed by atoms with van der Waals surface area (Å²) in [6, 6.07) is 10.1. The number of benzene rings is 1. The molecular formula is C18H24N4O2. The first-order valence-electron chi connectivity index (χ1n) is 8.74. The first kappa shape index (κ1) is 15.4. The lowest BCUT2D eigenvalue weighted by Crippen LogP contribution is -2.52. The van der Waals surface area contributed by atoms with Crippen molar-refractivity contribution < 1.29 is 9.59 Å². The number of imide groups is 1. The lowest BCUT2D eigenvalue weighted by molar-refractivity contribution is -0.133. The van der Waals surface area contributed by atoms with E-state index in [2.05, 4.69) is 27.2 Å². The number of hydrogen-bond acceptors (Lipinski definition) is 4. The van der Waals surface area contributed by atoms with Crippen LogP contribution in [0, 0.1) is 5.92 Å². The molecule has 24 heavy (non-hydrogen) atoms. The molecule has 2 aliphatic heterocycles. The summed E-state index contributed by atoms with van der Waals surface area (Å²) < 4.78 is 0. The lowest BCUT2D eigenvalue weighted by atomic mass is 9.96. The average molecular weight is 328 g/mol. The Labute approximate surface area is 142 Å². The molecule has 3 aliphatic rings. The van der Waals surface area contributed by atoms with Crippen molar-refractivity contribution in [2.24, 2.45) is 5.92 Å². The van der Waals surface area contributed by atoms with Gasteiger partial charge < -0.3 is 10.2 Å². The molecular weight excluding hydrogens is 304 g/mol. The largest absolute Gasteiger partial charge is 0.369 e. The number of rotatable bonds is 4. The first-order chi connectivity index (χ1) is 11.6. The Morgan fingerprint density at radius 2 is 1.75 bits per heavy atom. The van der Waals surface area contributed by atoms with Crippen LogP contribution in [0.5, 0.6) is 0 Å². The number of nitrogens with one attached hydrogen (secondary N) is 1. The quantitative estimate of drug-likeness (QED) is 0.851. The molecule has 1 aromatic carbocycles. The van der Waals surface area contributed by atoms with Crippen molar-refractivity contribution >= 4 is 17.6 Å². The molecule has 1 N–H and O–H groups in total. The highest BCUT2D eigenvalue weighted by Gasteiger charge is 2.56. The summed E-state index contributed by atoms with van der Waals surface area (Å²) in [5.74, 6) is 0.259. The molecule has 3 fully saturated rings. The van der Waals surface area contributed by atoms with E-state index in [-0.39, 0.29) is 11.9 Å². The minimum absolute atomic E-state index is 0.0551. The zero-order valence-corrected chi connectivity index (χ0v) is 14.1. The number of anilines is 1. The average Bonchev–Trinajstić information content (AvgIpc) is 3.43. The van der Waals surface area contributed by atoms with Crippen LogP contribution in [-0.2, 0) is 4.79 Å². The fourth-order valence-corrected chi connectivity index (χ4v) is 3.77. The number of amides is 3. The Balaban J connectivity index is 1.35. The second-order valence-corrected chi connectivity index (χ2v) is 7.22. The number of urea groups is 1. The fraction of sp³-hybridized carbons (Fsp3) is 0.556. The second-order valence-electron chi connectivity index (χ2n) is 7.22. The van der Waals surface area contributed by atoms with E-state index in [1.165, 1.54) is 10.6 Å². The maximum atomic E-state index is 12.7. The van der Waals surface area contributed by atoms with Gasteiger partial charge in [-0.1, -0.05) is 18.2 Å². The molecule has 0 radical (unpaired) electrons. The molecule has 6 nitrogen and oxygen atoms in total. The van der Waals surface area contributed by atoms with Crippen LogP contribution in [0.2, 0.25) is 0 Å². The number of hydrogen-bond donors (Lipinski definition) is 1. The van der Waals surface area contributed by atoms with Gasteiger partial charge in [0, 0.05) is 31.9 Å². The summed E-state index contributed by atoms with van der Waals surface area (Å²) in [6.07, 6.45) is 2.07. The molecule has 4 rings (SSSR count). The molecule has 3 amide bonds. The Kier molecular flexibility index (Phi) is 3.72. The van der Waals surface area contributed by atoms with Crippen molar-refractivity contribution in [1.29, 1.82) is 0 Å². The SMILES string of the molecule is C[C@@]1(C2CC2)NC(=O)N(CN2CCN(c3ccccc3)CC2)C1=O. The number of carbonyl (C=O) groups excluding carboxylic acids is 2. The smallest absolute Gasteiger partial charge is 0.326 e. The number of para-hydroxylation sites is 1. The molecule has 0 bridgehead atoms. The van der Waals surface area contributed by atoms with Gasteiger partial charge in [0.25, 0.3) is 5.91 Å². The summed E-state index contributed by atoms with van der Waals surface area (Å²) in [7, 11) is 0. The van der Waals surface area contributed by atoms with E-state index in [4.69, 9.17) is 0 Å². The number of piperazine rings is 1. The van der Waals surface area contributed by atoms with E-state index in [0.717, 1.165) is 39.0 Å². The lowest BCUT2D eigenvalue weighted by Gasteiger charge is -2.37. The van der Waals surface area contributed by atoms with Gasteiger partial charge in [0.1, 0.15) is 5.54 Å². The van der Waals surface area contributed by atoms with Gasteiger partial charge in [0.15, 0.2) is 0 Å². The molecule has 1 saturated carbocycles. The van der Waals surface area contributed by atoms with Gasteiger partial charge in [0.2, 0.25) is 0 Å². The first-order valence-corrected chi connectivity index (χ1v) is 8.74. The van der Waals surface area contributed by atoms with Gasteiger partial charge in [-0.05, 0) is 37.8 Å². The second kappa shape index (κ2) is 5.77. The highest BCUT2D eigenvalue weighted by molar-refractivity contribution is 6.07. The molecule has 1 aromatic rings. The Morgan fingerprint density at radius 3 is 2.38 bits per heavy atom. The van der Waals surface area contributed by atoms with E-state index in [1.807, 2.05) is 25.1 Å². The summed E-state index contributed by atoms with van der Waals surface area (Å²) in [6.45, 7) is 5.80. The van der Waals surface area contributed by atoms with Crippen molar-refractivity contribution in [3.63, 3.8) is 0 Å². The fourth-order valence-electron chi connectivity index (χ4n) is 3.77. The molecule has 0 spiro atoms.